The molecule has 2 heterocycles. The van der Waals surface area contributed by atoms with Crippen molar-refractivity contribution in [1.82, 2.24) is 0 Å². The fraction of sp³-hybridized carbons (Fsp3) is 0.333. The van der Waals surface area contributed by atoms with Gasteiger partial charge in [-0.15, -0.1) is 0 Å². The molecule has 3 rings (SSSR count). The molecule has 0 radical (unpaired) electrons. The highest BCUT2D eigenvalue weighted by Gasteiger charge is 2.62. The smallest absolute Gasteiger partial charge is 0.339 e. The monoisotopic (exact) mass is 411 g/mol. The molecule has 1 amide bonds. The molecule has 156 valence electrons. The van der Waals surface area contributed by atoms with Gasteiger partial charge in [0.2, 0.25) is 11.8 Å². The van der Waals surface area contributed by atoms with Gasteiger partial charge in [-0.1, -0.05) is 18.2 Å². The van der Waals surface area contributed by atoms with E-state index in [0.717, 1.165) is 0 Å². The maximum absolute atomic E-state index is 13.6. The molecule has 2 aliphatic heterocycles. The fourth-order valence-electron chi connectivity index (χ4n) is 3.87. The second kappa shape index (κ2) is 7.91. The van der Waals surface area contributed by atoms with Crippen molar-refractivity contribution in [3.8, 4) is 6.07 Å². The number of benzene rings is 1. The van der Waals surface area contributed by atoms with Crippen LogP contribution in [0, 0.1) is 11.3 Å². The van der Waals surface area contributed by atoms with Crippen LogP contribution in [-0.4, -0.2) is 38.1 Å². The van der Waals surface area contributed by atoms with Crippen LogP contribution in [0.1, 0.15) is 25.8 Å². The fourth-order valence-corrected chi connectivity index (χ4v) is 3.87. The third kappa shape index (κ3) is 2.88. The van der Waals surface area contributed by atoms with Crippen molar-refractivity contribution in [2.45, 2.75) is 25.7 Å². The SMILES string of the molecule is CCOC(=O)CC1=C(C(=O)OCC)[C@]2(C(=O)N(C)c3ccccc32)C(C#N)=C(N)O1. The number of hydrogen-bond donors (Lipinski definition) is 1. The molecule has 0 saturated carbocycles. The Labute approximate surface area is 173 Å². The first-order valence-electron chi connectivity index (χ1n) is 9.36. The van der Waals surface area contributed by atoms with Gasteiger partial charge in [0.25, 0.3) is 0 Å². The molecule has 30 heavy (non-hydrogen) atoms. The number of nitriles is 1. The molecule has 1 spiro atoms. The summed E-state index contributed by atoms with van der Waals surface area (Å²) in [5.74, 6) is -2.67. The number of amides is 1. The maximum atomic E-state index is 13.6. The molecule has 0 unspecified atom stereocenters. The lowest BCUT2D eigenvalue weighted by molar-refractivity contribution is -0.143. The van der Waals surface area contributed by atoms with E-state index in [4.69, 9.17) is 19.9 Å². The van der Waals surface area contributed by atoms with Crippen LogP contribution in [-0.2, 0) is 34.0 Å². The lowest BCUT2D eigenvalue weighted by Gasteiger charge is -2.34. The standard InChI is InChI=1S/C21H21N3O6/c1-4-28-16(25)10-15-17(19(26)29-5-2)21(13(11-22)18(23)30-15)12-8-6-7-9-14(12)24(3)20(21)27/h6-9H,4-5,10,23H2,1-3H3/t21-/m1/s1. The van der Waals surface area contributed by atoms with Crippen LogP contribution in [0.15, 0.2) is 47.1 Å². The average molecular weight is 411 g/mol. The number of ether oxygens (including phenoxy) is 3. The molecule has 0 aliphatic carbocycles. The summed E-state index contributed by atoms with van der Waals surface area (Å²) in [5.41, 5.74) is 4.53. The quantitative estimate of drug-likeness (QED) is 0.719. The summed E-state index contributed by atoms with van der Waals surface area (Å²) in [4.78, 5) is 40.2. The van der Waals surface area contributed by atoms with Gasteiger partial charge < -0.3 is 24.8 Å². The molecule has 1 aromatic rings. The first-order chi connectivity index (χ1) is 14.3. The molecule has 1 aromatic carbocycles. The first kappa shape index (κ1) is 20.9. The van der Waals surface area contributed by atoms with E-state index in [-0.39, 0.29) is 36.0 Å². The predicted octanol–water partition coefficient (Wildman–Crippen LogP) is 1.40. The highest BCUT2D eigenvalue weighted by molar-refractivity contribution is 6.18. The van der Waals surface area contributed by atoms with Crippen molar-refractivity contribution in [3.63, 3.8) is 0 Å². The number of fused-ring (bicyclic) bond motifs is 2. The molecule has 0 saturated heterocycles. The Morgan fingerprint density at radius 1 is 1.23 bits per heavy atom. The minimum atomic E-state index is -1.88. The van der Waals surface area contributed by atoms with E-state index in [1.165, 1.54) is 11.9 Å². The number of esters is 2. The normalized spacial score (nSPS) is 20.1. The van der Waals surface area contributed by atoms with Gasteiger partial charge in [-0.25, -0.2) is 4.79 Å². The number of nitrogens with zero attached hydrogens (tertiary/aromatic N) is 2. The van der Waals surface area contributed by atoms with Crippen molar-refractivity contribution in [2.75, 3.05) is 25.2 Å². The van der Waals surface area contributed by atoms with Crippen LogP contribution >= 0.6 is 0 Å². The molecule has 2 aliphatic rings. The van der Waals surface area contributed by atoms with Crippen LogP contribution in [0.3, 0.4) is 0 Å². The number of likely N-dealkylation sites (N-methyl/N-ethyl adjacent to an activating group) is 1. The number of carbonyl (C=O) groups excluding carboxylic acids is 3. The Hall–Kier alpha value is -3.80. The van der Waals surface area contributed by atoms with Gasteiger partial charge in [0, 0.05) is 18.3 Å². The maximum Gasteiger partial charge on any atom is 0.339 e. The molecular formula is C21H21N3O6. The molecule has 0 fully saturated rings. The van der Waals surface area contributed by atoms with Crippen LogP contribution in [0.4, 0.5) is 5.69 Å². The third-order valence-electron chi connectivity index (χ3n) is 5.00. The predicted molar refractivity (Wildman–Crippen MR) is 104 cm³/mol. The summed E-state index contributed by atoms with van der Waals surface area (Å²) < 4.78 is 15.7. The molecule has 0 bridgehead atoms. The van der Waals surface area contributed by atoms with Crippen LogP contribution < -0.4 is 10.6 Å². The summed E-state index contributed by atoms with van der Waals surface area (Å²) in [6.07, 6.45) is -0.456. The lowest BCUT2D eigenvalue weighted by Crippen LogP contribution is -2.48. The van der Waals surface area contributed by atoms with Gasteiger partial charge in [0.1, 0.15) is 29.4 Å². The number of carbonyl (C=O) groups is 3. The third-order valence-corrected chi connectivity index (χ3v) is 5.00. The van der Waals surface area contributed by atoms with Gasteiger partial charge in [-0.3, -0.25) is 9.59 Å². The van der Waals surface area contributed by atoms with Crippen molar-refractivity contribution in [2.24, 2.45) is 5.73 Å². The van der Waals surface area contributed by atoms with Gasteiger partial charge in [0.15, 0.2) is 5.41 Å². The van der Waals surface area contributed by atoms with Crippen molar-refractivity contribution >= 4 is 23.5 Å². The van der Waals surface area contributed by atoms with E-state index in [9.17, 15) is 19.6 Å². The zero-order valence-electron chi connectivity index (χ0n) is 16.9. The van der Waals surface area contributed by atoms with E-state index >= 15 is 0 Å². The van der Waals surface area contributed by atoms with E-state index in [2.05, 4.69) is 0 Å². The Balaban J connectivity index is 2.38. The average Bonchev–Trinajstić information content (AvgIpc) is 2.92. The number of rotatable bonds is 5. The van der Waals surface area contributed by atoms with E-state index in [0.29, 0.717) is 11.3 Å². The summed E-state index contributed by atoms with van der Waals surface area (Å²) in [5, 5.41) is 9.89. The Morgan fingerprint density at radius 3 is 2.53 bits per heavy atom. The molecule has 9 heteroatoms. The van der Waals surface area contributed by atoms with E-state index in [1.54, 1.807) is 38.1 Å². The number of nitrogens with two attached hydrogens (primary N) is 1. The molecule has 2 N–H and O–H groups in total. The van der Waals surface area contributed by atoms with Gasteiger partial charge in [0.05, 0.1) is 13.2 Å². The zero-order chi connectivity index (χ0) is 22.1. The van der Waals surface area contributed by atoms with Gasteiger partial charge in [-0.2, -0.15) is 5.26 Å². The largest absolute Gasteiger partial charge is 0.466 e. The number of hydrogen-bond acceptors (Lipinski definition) is 8. The minimum absolute atomic E-state index is 0.0118. The van der Waals surface area contributed by atoms with Crippen molar-refractivity contribution in [3.05, 3.63) is 52.6 Å². The Morgan fingerprint density at radius 2 is 1.90 bits per heavy atom. The number of anilines is 1. The molecule has 9 nitrogen and oxygen atoms in total. The summed E-state index contributed by atoms with van der Waals surface area (Å²) in [6.45, 7) is 3.37. The highest BCUT2D eigenvalue weighted by atomic mass is 16.5. The van der Waals surface area contributed by atoms with Crippen molar-refractivity contribution < 1.29 is 28.6 Å². The molecule has 0 aromatic heterocycles. The van der Waals surface area contributed by atoms with Crippen molar-refractivity contribution in [1.29, 1.82) is 5.26 Å². The van der Waals surface area contributed by atoms with E-state index < -0.39 is 29.7 Å². The summed E-state index contributed by atoms with van der Waals surface area (Å²) in [6, 6.07) is 8.66. The Bertz CT molecular complexity index is 1040. The van der Waals surface area contributed by atoms with Crippen LogP contribution in [0.5, 0.6) is 0 Å². The summed E-state index contributed by atoms with van der Waals surface area (Å²) >= 11 is 0. The Kier molecular flexibility index (Phi) is 5.52. The minimum Gasteiger partial charge on any atom is -0.466 e. The second-order valence-corrected chi connectivity index (χ2v) is 6.58. The highest BCUT2D eigenvalue weighted by Crippen LogP contribution is 2.54. The molecule has 1 atom stereocenters. The topological polar surface area (TPSA) is 132 Å². The lowest BCUT2D eigenvalue weighted by atomic mass is 9.68. The second-order valence-electron chi connectivity index (χ2n) is 6.58. The van der Waals surface area contributed by atoms with Crippen LogP contribution in [0.25, 0.3) is 0 Å². The summed E-state index contributed by atoms with van der Waals surface area (Å²) in [7, 11) is 1.53. The van der Waals surface area contributed by atoms with E-state index in [1.807, 2.05) is 6.07 Å². The molecular weight excluding hydrogens is 390 g/mol. The number of para-hydroxylation sites is 1. The van der Waals surface area contributed by atoms with Crippen LogP contribution in [0.2, 0.25) is 0 Å². The van der Waals surface area contributed by atoms with Gasteiger partial charge >= 0.3 is 11.9 Å². The van der Waals surface area contributed by atoms with Gasteiger partial charge in [-0.05, 0) is 19.9 Å². The zero-order valence-corrected chi connectivity index (χ0v) is 16.9. The first-order valence-corrected chi connectivity index (χ1v) is 9.36.